The van der Waals surface area contributed by atoms with Gasteiger partial charge in [0.1, 0.15) is 24.7 Å². The fraction of sp³-hybridized carbons (Fsp3) is 0.182. The van der Waals surface area contributed by atoms with Crippen molar-refractivity contribution in [2.24, 2.45) is 0 Å². The second kappa shape index (κ2) is 11.6. The van der Waals surface area contributed by atoms with Crippen LogP contribution in [0.1, 0.15) is 22.3 Å². The Morgan fingerprint density at radius 1 is 0.780 bits per heavy atom. The monoisotopic (exact) mass is 551 g/mol. The predicted molar refractivity (Wildman–Crippen MR) is 153 cm³/mol. The number of hydrogen-bond acceptors (Lipinski definition) is 6. The fourth-order valence-electron chi connectivity index (χ4n) is 4.85. The van der Waals surface area contributed by atoms with E-state index in [1.54, 1.807) is 12.1 Å². The zero-order valence-corrected chi connectivity index (χ0v) is 22.5. The summed E-state index contributed by atoms with van der Waals surface area (Å²) in [5, 5.41) is 9.92. The Hall–Kier alpha value is -5.11. The van der Waals surface area contributed by atoms with E-state index in [9.17, 15) is 4.79 Å². The lowest BCUT2D eigenvalue weighted by Gasteiger charge is -2.14. The van der Waals surface area contributed by atoms with Gasteiger partial charge in [-0.1, -0.05) is 48.5 Å². The number of fused-ring (bicyclic) bond motifs is 2. The second-order valence-corrected chi connectivity index (χ2v) is 9.77. The van der Waals surface area contributed by atoms with E-state index in [0.29, 0.717) is 31.3 Å². The molecule has 8 nitrogen and oxygen atoms in total. The summed E-state index contributed by atoms with van der Waals surface area (Å²) in [6, 6.07) is 29.4. The number of nitrogens with zero attached hydrogens (tertiary/aromatic N) is 1. The average Bonchev–Trinajstić information content (AvgIpc) is 3.57. The maximum absolute atomic E-state index is 10.8. The van der Waals surface area contributed by atoms with Gasteiger partial charge in [0, 0.05) is 10.9 Å². The van der Waals surface area contributed by atoms with E-state index in [1.165, 1.54) is 0 Å². The molecule has 1 aliphatic rings. The highest BCUT2D eigenvalue weighted by atomic mass is 16.7. The first-order valence-electron chi connectivity index (χ1n) is 13.3. The lowest BCUT2D eigenvalue weighted by molar-refractivity contribution is -0.139. The lowest BCUT2D eigenvalue weighted by atomic mass is 10.2. The summed E-state index contributed by atoms with van der Waals surface area (Å²) >= 11 is 0. The van der Waals surface area contributed by atoms with Crippen LogP contribution in [0, 0.1) is 6.92 Å². The first-order valence-corrected chi connectivity index (χ1v) is 13.3. The highest BCUT2D eigenvalue weighted by Gasteiger charge is 2.19. The second-order valence-electron chi connectivity index (χ2n) is 9.77. The number of rotatable bonds is 11. The number of aryl methyl sites for hydroxylation is 1. The molecule has 0 radical (unpaired) electrons. The molecule has 1 aromatic heterocycles. The summed E-state index contributed by atoms with van der Waals surface area (Å²) < 4.78 is 31.0. The summed E-state index contributed by atoms with van der Waals surface area (Å²) in [6.45, 7) is 3.28. The van der Waals surface area contributed by atoms with E-state index in [-0.39, 0.29) is 13.4 Å². The highest BCUT2D eigenvalue weighted by molar-refractivity contribution is 5.88. The molecule has 0 unspecified atom stereocenters. The molecule has 1 aliphatic heterocycles. The van der Waals surface area contributed by atoms with Gasteiger partial charge in [0.2, 0.25) is 6.79 Å². The zero-order chi connectivity index (χ0) is 28.2. The van der Waals surface area contributed by atoms with Crippen LogP contribution in [0.5, 0.6) is 28.9 Å². The Morgan fingerprint density at radius 3 is 2.32 bits per heavy atom. The molecule has 1 N–H and O–H groups in total. The van der Waals surface area contributed by atoms with Crippen molar-refractivity contribution in [3.05, 3.63) is 113 Å². The summed E-state index contributed by atoms with van der Waals surface area (Å²) in [6.07, 6.45) is 0. The van der Waals surface area contributed by atoms with E-state index >= 15 is 0 Å². The molecule has 0 aliphatic carbocycles. The average molecular weight is 552 g/mol. The number of carboxylic acid groups (broad SMARTS) is 1. The van der Waals surface area contributed by atoms with Gasteiger partial charge in [0.05, 0.1) is 12.1 Å². The third kappa shape index (κ3) is 5.91. The van der Waals surface area contributed by atoms with E-state index < -0.39 is 5.97 Å². The molecule has 0 amide bonds. The van der Waals surface area contributed by atoms with Crippen molar-refractivity contribution in [3.8, 4) is 28.9 Å². The van der Waals surface area contributed by atoms with E-state index in [0.717, 1.165) is 50.5 Å². The Labute approximate surface area is 237 Å². The molecule has 0 fully saturated rings. The zero-order valence-electron chi connectivity index (χ0n) is 22.5. The highest BCUT2D eigenvalue weighted by Crippen LogP contribution is 2.37. The molecule has 8 heteroatoms. The van der Waals surface area contributed by atoms with Gasteiger partial charge in [-0.25, -0.2) is 4.79 Å². The summed E-state index contributed by atoms with van der Waals surface area (Å²) in [4.78, 5) is 10.8. The molecule has 4 aromatic carbocycles. The Balaban J connectivity index is 1.29. The predicted octanol–water partition coefficient (Wildman–Crippen LogP) is 6.35. The van der Waals surface area contributed by atoms with E-state index in [2.05, 4.69) is 23.6 Å². The Morgan fingerprint density at radius 2 is 1.51 bits per heavy atom. The van der Waals surface area contributed by atoms with Crippen molar-refractivity contribution in [2.45, 2.75) is 26.7 Å². The van der Waals surface area contributed by atoms with E-state index in [4.69, 9.17) is 28.8 Å². The normalized spacial score (nSPS) is 11.9. The van der Waals surface area contributed by atoms with Crippen LogP contribution in [0.2, 0.25) is 0 Å². The molecular formula is C33H29NO7. The molecule has 0 bridgehead atoms. The fourth-order valence-corrected chi connectivity index (χ4v) is 4.85. The summed E-state index contributed by atoms with van der Waals surface area (Å²) in [5.74, 6) is 2.48. The minimum atomic E-state index is -1.01. The maximum Gasteiger partial charge on any atom is 0.341 e. The van der Waals surface area contributed by atoms with Crippen LogP contribution in [-0.2, 0) is 24.6 Å². The smallest absolute Gasteiger partial charge is 0.341 e. The van der Waals surface area contributed by atoms with Crippen molar-refractivity contribution < 1.29 is 33.6 Å². The number of ether oxygens (including phenoxy) is 5. The number of aromatic nitrogens is 1. The first kappa shape index (κ1) is 26.1. The lowest BCUT2D eigenvalue weighted by Crippen LogP contribution is -2.09. The van der Waals surface area contributed by atoms with Crippen LogP contribution in [0.4, 0.5) is 0 Å². The molecule has 0 spiro atoms. The van der Waals surface area contributed by atoms with Gasteiger partial charge in [-0.15, -0.1) is 0 Å². The van der Waals surface area contributed by atoms with Gasteiger partial charge < -0.3 is 33.4 Å². The third-order valence-electron chi connectivity index (χ3n) is 6.92. The van der Waals surface area contributed by atoms with Crippen molar-refractivity contribution in [2.75, 3.05) is 13.4 Å². The van der Waals surface area contributed by atoms with Crippen molar-refractivity contribution in [1.29, 1.82) is 0 Å². The van der Waals surface area contributed by atoms with Crippen LogP contribution in [0.25, 0.3) is 10.9 Å². The topological polar surface area (TPSA) is 88.4 Å². The van der Waals surface area contributed by atoms with Crippen LogP contribution in [0.3, 0.4) is 0 Å². The van der Waals surface area contributed by atoms with Crippen LogP contribution >= 0.6 is 0 Å². The molecule has 5 aromatic rings. The molecule has 208 valence electrons. The van der Waals surface area contributed by atoms with Gasteiger partial charge >= 0.3 is 5.97 Å². The number of carboxylic acids is 1. The number of carbonyl (C=O) groups is 1. The maximum atomic E-state index is 10.8. The largest absolute Gasteiger partial charge is 0.489 e. The Kier molecular flexibility index (Phi) is 7.36. The molecule has 2 heterocycles. The minimum absolute atomic E-state index is 0.224. The standard InChI is InChI=1S/C33H29NO7/c1-22-28-16-27(37-18-24-5-3-2-4-6-24)12-13-29(28)34(17-23-7-10-26(11-8-23)38-20-32(35)36)33(22)39-19-25-9-14-30-31(15-25)41-21-40-30/h2-16H,17-21H2,1H3,(H,35,36). The quantitative estimate of drug-likeness (QED) is 0.205. The van der Waals surface area contributed by atoms with Gasteiger partial charge in [0.15, 0.2) is 24.0 Å². The number of aliphatic carboxylic acids is 1. The van der Waals surface area contributed by atoms with Crippen LogP contribution in [0.15, 0.2) is 91.0 Å². The van der Waals surface area contributed by atoms with Gasteiger partial charge in [0.25, 0.3) is 0 Å². The summed E-state index contributed by atoms with van der Waals surface area (Å²) in [7, 11) is 0. The SMILES string of the molecule is Cc1c(OCc2ccc3c(c2)OCO3)n(Cc2ccc(OCC(=O)O)cc2)c2ccc(OCc3ccccc3)cc12. The third-order valence-corrected chi connectivity index (χ3v) is 6.92. The van der Waals surface area contributed by atoms with Crippen LogP contribution < -0.4 is 23.7 Å². The molecule has 0 atom stereocenters. The molecule has 41 heavy (non-hydrogen) atoms. The molecular weight excluding hydrogens is 522 g/mol. The minimum Gasteiger partial charge on any atom is -0.489 e. The first-order chi connectivity index (χ1) is 20.0. The molecule has 0 saturated carbocycles. The Bertz CT molecular complexity index is 1680. The van der Waals surface area contributed by atoms with Gasteiger partial charge in [-0.3, -0.25) is 0 Å². The number of benzene rings is 4. The van der Waals surface area contributed by atoms with Gasteiger partial charge in [-0.05, 0) is 66.1 Å². The van der Waals surface area contributed by atoms with Crippen molar-refractivity contribution >= 4 is 16.9 Å². The molecule has 0 saturated heterocycles. The molecule has 6 rings (SSSR count). The summed E-state index contributed by atoms with van der Waals surface area (Å²) in [5.41, 5.74) is 5.11. The van der Waals surface area contributed by atoms with Crippen molar-refractivity contribution in [1.82, 2.24) is 4.57 Å². The van der Waals surface area contributed by atoms with E-state index in [1.807, 2.05) is 66.7 Å². The van der Waals surface area contributed by atoms with Crippen LogP contribution in [-0.4, -0.2) is 29.0 Å². The number of hydrogen-bond donors (Lipinski definition) is 1. The van der Waals surface area contributed by atoms with Crippen molar-refractivity contribution in [3.63, 3.8) is 0 Å². The van der Waals surface area contributed by atoms with Gasteiger partial charge in [-0.2, -0.15) is 0 Å².